The Kier molecular flexibility index (Phi) is 5.98. The van der Waals surface area contributed by atoms with Gasteiger partial charge in [-0.05, 0) is 43.4 Å². The number of fused-ring (bicyclic) bond motifs is 2. The first-order valence-corrected chi connectivity index (χ1v) is 9.33. The first-order chi connectivity index (χ1) is 10.6. The fourth-order valence-electron chi connectivity index (χ4n) is 3.95. The molecule has 128 valence electrons. The summed E-state index contributed by atoms with van der Waals surface area (Å²) in [5, 5.41) is 0. The number of thioether (sulfide) groups is 1. The molecule has 1 saturated carbocycles. The van der Waals surface area contributed by atoms with Crippen molar-refractivity contribution in [1.29, 1.82) is 0 Å². The molecule has 0 saturated heterocycles. The number of amides is 1. The Morgan fingerprint density at radius 3 is 2.78 bits per heavy atom. The highest BCUT2D eigenvalue weighted by Crippen LogP contribution is 2.51. The zero-order valence-corrected chi connectivity index (χ0v) is 15.0. The summed E-state index contributed by atoms with van der Waals surface area (Å²) >= 11 is 1.69. The lowest BCUT2D eigenvalue weighted by atomic mass is 9.80. The Labute approximate surface area is 147 Å². The van der Waals surface area contributed by atoms with Gasteiger partial charge in [0.25, 0.3) is 0 Å². The number of rotatable bonds is 4. The number of nitrogens with two attached hydrogens (primary N) is 1. The van der Waals surface area contributed by atoms with Crippen LogP contribution in [0.15, 0.2) is 18.2 Å². The van der Waals surface area contributed by atoms with Crippen molar-refractivity contribution in [2.24, 2.45) is 5.73 Å². The van der Waals surface area contributed by atoms with Crippen molar-refractivity contribution in [3.05, 3.63) is 29.6 Å². The summed E-state index contributed by atoms with van der Waals surface area (Å²) in [6.07, 6.45) is 6.80. The van der Waals surface area contributed by atoms with Gasteiger partial charge in [-0.1, -0.05) is 18.9 Å². The van der Waals surface area contributed by atoms with Gasteiger partial charge in [-0.2, -0.15) is 11.8 Å². The van der Waals surface area contributed by atoms with Crippen LogP contribution in [0.25, 0.3) is 0 Å². The van der Waals surface area contributed by atoms with Crippen LogP contribution < -0.4 is 10.6 Å². The molecule has 0 bridgehead atoms. The second-order valence-corrected chi connectivity index (χ2v) is 7.42. The summed E-state index contributed by atoms with van der Waals surface area (Å²) in [5.74, 6) is 0.624. The molecular weight excluding hydrogens is 335 g/mol. The van der Waals surface area contributed by atoms with Crippen molar-refractivity contribution in [2.75, 3.05) is 23.5 Å². The molecule has 1 aromatic rings. The predicted octanol–water partition coefficient (Wildman–Crippen LogP) is 3.49. The molecular formula is C17H24ClFN2OS. The standard InChI is InChI=1S/C17H23FN2OS.ClH/c1-22-10-7-13(19)16(21)20-11-17(8-2-3-9-17)15-12(18)5-4-6-14(15)20;/h4-6,13H,2-3,7-11,19H2,1H3;1H/t13-;/m0./s1. The molecule has 1 spiro atoms. The summed E-state index contributed by atoms with van der Waals surface area (Å²) in [4.78, 5) is 14.5. The lowest BCUT2D eigenvalue weighted by molar-refractivity contribution is -0.119. The number of nitrogens with zero attached hydrogens (tertiary/aromatic N) is 1. The van der Waals surface area contributed by atoms with Gasteiger partial charge < -0.3 is 10.6 Å². The first-order valence-electron chi connectivity index (χ1n) is 7.94. The van der Waals surface area contributed by atoms with Crippen molar-refractivity contribution in [2.45, 2.75) is 43.6 Å². The average Bonchev–Trinajstić information content (AvgIpc) is 3.11. The van der Waals surface area contributed by atoms with Crippen molar-refractivity contribution in [3.63, 3.8) is 0 Å². The van der Waals surface area contributed by atoms with Gasteiger partial charge in [-0.25, -0.2) is 4.39 Å². The lowest BCUT2D eigenvalue weighted by Gasteiger charge is -2.26. The number of carbonyl (C=O) groups is 1. The van der Waals surface area contributed by atoms with Crippen LogP contribution in [-0.2, 0) is 10.2 Å². The molecule has 23 heavy (non-hydrogen) atoms. The Morgan fingerprint density at radius 2 is 2.13 bits per heavy atom. The number of benzene rings is 1. The van der Waals surface area contributed by atoms with Crippen LogP contribution >= 0.6 is 24.2 Å². The van der Waals surface area contributed by atoms with Gasteiger partial charge in [0, 0.05) is 17.5 Å². The third kappa shape index (κ3) is 3.24. The van der Waals surface area contributed by atoms with Crippen LogP contribution in [0.3, 0.4) is 0 Å². The number of carbonyl (C=O) groups excluding carboxylic acids is 1. The number of halogens is 2. The Morgan fingerprint density at radius 1 is 1.43 bits per heavy atom. The molecule has 1 atom stereocenters. The molecule has 1 aliphatic heterocycles. The molecule has 6 heteroatoms. The number of anilines is 1. The minimum atomic E-state index is -0.500. The minimum absolute atomic E-state index is 0. The quantitative estimate of drug-likeness (QED) is 0.896. The fourth-order valence-corrected chi connectivity index (χ4v) is 4.44. The van der Waals surface area contributed by atoms with Crippen molar-refractivity contribution >= 4 is 35.8 Å². The van der Waals surface area contributed by atoms with E-state index in [0.717, 1.165) is 42.7 Å². The monoisotopic (exact) mass is 358 g/mol. The van der Waals surface area contributed by atoms with Crippen LogP contribution in [0.2, 0.25) is 0 Å². The van der Waals surface area contributed by atoms with Crippen LogP contribution in [-0.4, -0.2) is 30.5 Å². The molecule has 3 rings (SSSR count). The molecule has 0 aromatic heterocycles. The van der Waals surface area contributed by atoms with Crippen molar-refractivity contribution in [3.8, 4) is 0 Å². The zero-order valence-electron chi connectivity index (χ0n) is 13.4. The van der Waals surface area contributed by atoms with E-state index in [4.69, 9.17) is 5.73 Å². The molecule has 1 fully saturated rings. The highest BCUT2D eigenvalue weighted by molar-refractivity contribution is 7.98. The topological polar surface area (TPSA) is 46.3 Å². The van der Waals surface area contributed by atoms with Crippen LogP contribution in [0.1, 0.15) is 37.7 Å². The molecule has 2 aliphatic rings. The predicted molar refractivity (Wildman–Crippen MR) is 97.1 cm³/mol. The zero-order chi connectivity index (χ0) is 15.7. The number of hydrogen-bond donors (Lipinski definition) is 1. The van der Waals surface area contributed by atoms with Gasteiger partial charge in [0.2, 0.25) is 5.91 Å². The van der Waals surface area contributed by atoms with Gasteiger partial charge in [-0.15, -0.1) is 12.4 Å². The Hall–Kier alpha value is -0.780. The Bertz CT molecular complexity index is 578. The highest BCUT2D eigenvalue weighted by Gasteiger charge is 2.48. The van der Waals surface area contributed by atoms with E-state index in [1.54, 1.807) is 22.7 Å². The second-order valence-electron chi connectivity index (χ2n) is 6.43. The van der Waals surface area contributed by atoms with Crippen molar-refractivity contribution in [1.82, 2.24) is 0 Å². The van der Waals surface area contributed by atoms with Gasteiger partial charge in [0.15, 0.2) is 0 Å². The molecule has 3 nitrogen and oxygen atoms in total. The summed E-state index contributed by atoms with van der Waals surface area (Å²) in [6, 6.07) is 4.57. The maximum absolute atomic E-state index is 14.5. The maximum Gasteiger partial charge on any atom is 0.243 e. The van der Waals surface area contributed by atoms with E-state index in [-0.39, 0.29) is 29.5 Å². The maximum atomic E-state index is 14.5. The fraction of sp³-hybridized carbons (Fsp3) is 0.588. The van der Waals surface area contributed by atoms with Gasteiger partial charge in [-0.3, -0.25) is 4.79 Å². The second kappa shape index (κ2) is 7.41. The van der Waals surface area contributed by atoms with Crippen LogP contribution in [0.5, 0.6) is 0 Å². The smallest absolute Gasteiger partial charge is 0.243 e. The van der Waals surface area contributed by atoms with Gasteiger partial charge in [0.1, 0.15) is 5.82 Å². The van der Waals surface area contributed by atoms with E-state index in [2.05, 4.69) is 0 Å². The summed E-state index contributed by atoms with van der Waals surface area (Å²) < 4.78 is 14.5. The van der Waals surface area contributed by atoms with Crippen molar-refractivity contribution < 1.29 is 9.18 Å². The van der Waals surface area contributed by atoms with E-state index in [1.165, 1.54) is 6.07 Å². The SMILES string of the molecule is CSCC[C@H](N)C(=O)N1CC2(CCCC2)c2c(F)cccc21.Cl. The molecule has 2 N–H and O–H groups in total. The normalized spacial score (nSPS) is 19.5. The molecule has 1 amide bonds. The largest absolute Gasteiger partial charge is 0.320 e. The first kappa shape index (κ1) is 18.6. The van der Waals surface area contributed by atoms with Crippen LogP contribution in [0, 0.1) is 5.82 Å². The summed E-state index contributed by atoms with van der Waals surface area (Å²) in [7, 11) is 0. The molecule has 0 unspecified atom stereocenters. The molecule has 1 aromatic carbocycles. The molecule has 0 radical (unpaired) electrons. The van der Waals surface area contributed by atoms with Crippen LogP contribution in [0.4, 0.5) is 10.1 Å². The number of hydrogen-bond acceptors (Lipinski definition) is 3. The van der Waals surface area contributed by atoms with Gasteiger partial charge in [0.05, 0.1) is 11.7 Å². The Balaban J connectivity index is 0.00000192. The molecule has 1 heterocycles. The average molecular weight is 359 g/mol. The summed E-state index contributed by atoms with van der Waals surface area (Å²) in [5.41, 5.74) is 7.37. The van der Waals surface area contributed by atoms with E-state index in [9.17, 15) is 9.18 Å². The van der Waals surface area contributed by atoms with Gasteiger partial charge >= 0.3 is 0 Å². The van der Waals surface area contributed by atoms with E-state index in [1.807, 2.05) is 12.3 Å². The highest BCUT2D eigenvalue weighted by atomic mass is 35.5. The van der Waals surface area contributed by atoms with E-state index < -0.39 is 6.04 Å². The third-order valence-corrected chi connectivity index (χ3v) is 5.69. The van der Waals surface area contributed by atoms with E-state index in [0.29, 0.717) is 13.0 Å². The minimum Gasteiger partial charge on any atom is -0.320 e. The lowest BCUT2D eigenvalue weighted by Crippen LogP contribution is -2.45. The molecule has 1 aliphatic carbocycles. The summed E-state index contributed by atoms with van der Waals surface area (Å²) in [6.45, 7) is 0.592. The third-order valence-electron chi connectivity index (χ3n) is 5.05. The van der Waals surface area contributed by atoms with E-state index >= 15 is 0 Å².